The summed E-state index contributed by atoms with van der Waals surface area (Å²) in [5.74, 6) is 0. The Balaban J connectivity index is 1.65. The molecule has 0 aliphatic carbocycles. The molecule has 2 atom stereocenters. The van der Waals surface area contributed by atoms with Crippen LogP contribution in [-0.2, 0) is 13.6 Å². The van der Waals surface area contributed by atoms with E-state index in [-0.39, 0.29) is 0 Å². The first-order chi connectivity index (χ1) is 7.81. The van der Waals surface area contributed by atoms with Crippen molar-refractivity contribution in [2.45, 2.75) is 37.9 Å². The van der Waals surface area contributed by atoms with Gasteiger partial charge in [0.1, 0.15) is 0 Å². The molecule has 2 bridgehead atoms. The molecule has 16 heavy (non-hydrogen) atoms. The highest BCUT2D eigenvalue weighted by atomic mass is 15.2. The molecule has 0 saturated carbocycles. The lowest BCUT2D eigenvalue weighted by molar-refractivity contribution is 0.246. The Labute approximate surface area is 96.7 Å². The minimum atomic E-state index is 0.723. The SMILES string of the molecule is Cn1cncc1CN1CCC2CCC(C1)N2. The zero-order valence-electron chi connectivity index (χ0n) is 9.89. The number of nitrogens with one attached hydrogen (secondary N) is 1. The van der Waals surface area contributed by atoms with E-state index in [1.807, 2.05) is 12.5 Å². The summed E-state index contributed by atoms with van der Waals surface area (Å²) in [7, 11) is 2.07. The van der Waals surface area contributed by atoms with Crippen molar-refractivity contribution in [3.05, 3.63) is 18.2 Å². The molecule has 3 heterocycles. The number of imidazole rings is 1. The normalized spacial score (nSPS) is 30.6. The van der Waals surface area contributed by atoms with Crippen molar-refractivity contribution < 1.29 is 0 Å². The maximum absolute atomic E-state index is 4.18. The van der Waals surface area contributed by atoms with Gasteiger partial charge in [0.15, 0.2) is 0 Å². The van der Waals surface area contributed by atoms with Gasteiger partial charge in [0.2, 0.25) is 0 Å². The lowest BCUT2D eigenvalue weighted by atomic mass is 10.1. The topological polar surface area (TPSA) is 33.1 Å². The van der Waals surface area contributed by atoms with Crippen molar-refractivity contribution in [2.75, 3.05) is 13.1 Å². The van der Waals surface area contributed by atoms with Crippen LogP contribution in [0.2, 0.25) is 0 Å². The molecule has 3 rings (SSSR count). The molecule has 0 aromatic carbocycles. The second-order valence-corrected chi connectivity index (χ2v) is 5.16. The molecule has 1 N–H and O–H groups in total. The molecule has 2 fully saturated rings. The van der Waals surface area contributed by atoms with Gasteiger partial charge < -0.3 is 9.88 Å². The molecule has 2 aliphatic rings. The number of aryl methyl sites for hydroxylation is 1. The van der Waals surface area contributed by atoms with Crippen LogP contribution in [0.3, 0.4) is 0 Å². The van der Waals surface area contributed by atoms with Gasteiger partial charge in [-0.05, 0) is 19.3 Å². The van der Waals surface area contributed by atoms with E-state index in [9.17, 15) is 0 Å². The molecule has 88 valence electrons. The lowest BCUT2D eigenvalue weighted by Crippen LogP contribution is -2.35. The van der Waals surface area contributed by atoms with Crippen LogP contribution >= 0.6 is 0 Å². The third-order valence-corrected chi connectivity index (χ3v) is 3.91. The van der Waals surface area contributed by atoms with E-state index < -0.39 is 0 Å². The standard InChI is InChI=1S/C12H20N4/c1-15-9-13-6-12(15)8-16-5-4-10-2-3-11(7-16)14-10/h6,9-11,14H,2-5,7-8H2,1H3. The van der Waals surface area contributed by atoms with Crippen molar-refractivity contribution in [1.82, 2.24) is 19.8 Å². The first-order valence-electron chi connectivity index (χ1n) is 6.25. The Morgan fingerprint density at radius 3 is 3.06 bits per heavy atom. The zero-order chi connectivity index (χ0) is 11.0. The van der Waals surface area contributed by atoms with E-state index >= 15 is 0 Å². The van der Waals surface area contributed by atoms with Crippen LogP contribution < -0.4 is 5.32 Å². The lowest BCUT2D eigenvalue weighted by Gasteiger charge is -2.23. The zero-order valence-corrected chi connectivity index (χ0v) is 9.89. The highest BCUT2D eigenvalue weighted by Gasteiger charge is 2.29. The summed E-state index contributed by atoms with van der Waals surface area (Å²) in [6.07, 6.45) is 7.90. The first kappa shape index (κ1) is 10.3. The van der Waals surface area contributed by atoms with E-state index in [0.29, 0.717) is 0 Å². The van der Waals surface area contributed by atoms with Crippen LogP contribution in [0.15, 0.2) is 12.5 Å². The summed E-state index contributed by atoms with van der Waals surface area (Å²) >= 11 is 0. The molecule has 2 unspecified atom stereocenters. The first-order valence-corrected chi connectivity index (χ1v) is 6.25. The van der Waals surface area contributed by atoms with Crippen LogP contribution in [0, 0.1) is 0 Å². The fraction of sp³-hybridized carbons (Fsp3) is 0.750. The van der Waals surface area contributed by atoms with Crippen molar-refractivity contribution in [2.24, 2.45) is 7.05 Å². The third-order valence-electron chi connectivity index (χ3n) is 3.91. The van der Waals surface area contributed by atoms with Gasteiger partial charge in [-0.3, -0.25) is 4.90 Å². The smallest absolute Gasteiger partial charge is 0.0945 e. The number of aromatic nitrogens is 2. The number of hydrogen-bond acceptors (Lipinski definition) is 3. The van der Waals surface area contributed by atoms with Crippen molar-refractivity contribution >= 4 is 0 Å². The van der Waals surface area contributed by atoms with E-state index in [0.717, 1.165) is 18.6 Å². The fourth-order valence-electron chi connectivity index (χ4n) is 2.93. The maximum atomic E-state index is 4.18. The summed E-state index contributed by atoms with van der Waals surface area (Å²) < 4.78 is 2.12. The quantitative estimate of drug-likeness (QED) is 0.798. The van der Waals surface area contributed by atoms with Crippen LogP contribution in [0.1, 0.15) is 25.0 Å². The third kappa shape index (κ3) is 1.99. The molecule has 1 aromatic rings. The predicted molar refractivity (Wildman–Crippen MR) is 63.0 cm³/mol. The average Bonchev–Trinajstić information content (AvgIpc) is 2.78. The largest absolute Gasteiger partial charge is 0.337 e. The summed E-state index contributed by atoms with van der Waals surface area (Å²) in [5, 5.41) is 3.71. The van der Waals surface area contributed by atoms with E-state index in [2.05, 4.69) is 26.8 Å². The van der Waals surface area contributed by atoms with Crippen LogP contribution in [-0.4, -0.2) is 39.6 Å². The molecule has 0 radical (unpaired) electrons. The second kappa shape index (κ2) is 4.18. The molecule has 0 amide bonds. The Hall–Kier alpha value is -0.870. The van der Waals surface area contributed by atoms with Gasteiger partial charge in [-0.1, -0.05) is 0 Å². The van der Waals surface area contributed by atoms with E-state index in [1.54, 1.807) is 0 Å². The van der Waals surface area contributed by atoms with Gasteiger partial charge in [-0.2, -0.15) is 0 Å². The summed E-state index contributed by atoms with van der Waals surface area (Å²) in [6, 6.07) is 1.50. The van der Waals surface area contributed by atoms with Gasteiger partial charge in [0.05, 0.1) is 12.0 Å². The molecular weight excluding hydrogens is 200 g/mol. The summed E-state index contributed by atoms with van der Waals surface area (Å²) in [6.45, 7) is 3.46. The Morgan fingerprint density at radius 1 is 1.38 bits per heavy atom. The number of nitrogens with zero attached hydrogens (tertiary/aromatic N) is 3. The van der Waals surface area contributed by atoms with Crippen molar-refractivity contribution in [1.29, 1.82) is 0 Å². The molecule has 4 nitrogen and oxygen atoms in total. The molecule has 4 heteroatoms. The Kier molecular flexibility index (Phi) is 2.69. The molecule has 2 saturated heterocycles. The maximum Gasteiger partial charge on any atom is 0.0945 e. The van der Waals surface area contributed by atoms with Crippen LogP contribution in [0.25, 0.3) is 0 Å². The fourth-order valence-corrected chi connectivity index (χ4v) is 2.93. The molecular formula is C12H20N4. The van der Waals surface area contributed by atoms with Crippen molar-refractivity contribution in [3.63, 3.8) is 0 Å². The van der Waals surface area contributed by atoms with Gasteiger partial charge in [0.25, 0.3) is 0 Å². The Bertz CT molecular complexity index is 360. The van der Waals surface area contributed by atoms with Crippen LogP contribution in [0.4, 0.5) is 0 Å². The number of likely N-dealkylation sites (tertiary alicyclic amines) is 1. The minimum absolute atomic E-state index is 0.723. The van der Waals surface area contributed by atoms with Gasteiger partial charge >= 0.3 is 0 Å². The summed E-state index contributed by atoms with van der Waals surface area (Å²) in [4.78, 5) is 6.74. The molecule has 0 spiro atoms. The van der Waals surface area contributed by atoms with E-state index in [4.69, 9.17) is 0 Å². The summed E-state index contributed by atoms with van der Waals surface area (Å²) in [5.41, 5.74) is 1.32. The monoisotopic (exact) mass is 220 g/mol. The van der Waals surface area contributed by atoms with Crippen LogP contribution in [0.5, 0.6) is 0 Å². The predicted octanol–water partition coefficient (Wildman–Crippen LogP) is 0.746. The van der Waals surface area contributed by atoms with E-state index in [1.165, 1.54) is 38.0 Å². The van der Waals surface area contributed by atoms with Crippen molar-refractivity contribution in [3.8, 4) is 0 Å². The number of hydrogen-bond donors (Lipinski definition) is 1. The minimum Gasteiger partial charge on any atom is -0.337 e. The average molecular weight is 220 g/mol. The molecule has 1 aromatic heterocycles. The van der Waals surface area contributed by atoms with Gasteiger partial charge in [-0.15, -0.1) is 0 Å². The molecule has 2 aliphatic heterocycles. The second-order valence-electron chi connectivity index (χ2n) is 5.16. The highest BCUT2D eigenvalue weighted by molar-refractivity contribution is 4.99. The number of rotatable bonds is 2. The number of fused-ring (bicyclic) bond motifs is 2. The Morgan fingerprint density at radius 2 is 2.25 bits per heavy atom. The van der Waals surface area contributed by atoms with Gasteiger partial charge in [0, 0.05) is 45.0 Å². The highest BCUT2D eigenvalue weighted by Crippen LogP contribution is 2.21. The van der Waals surface area contributed by atoms with Gasteiger partial charge in [-0.25, -0.2) is 4.98 Å².